The number of aromatic carboxylic acids is 1. The Kier molecular flexibility index (Phi) is 10.2. The van der Waals surface area contributed by atoms with Crippen LogP contribution in [0.3, 0.4) is 0 Å². The fourth-order valence-electron chi connectivity index (χ4n) is 4.59. The number of aromatic hydroxyl groups is 2. The van der Waals surface area contributed by atoms with E-state index in [1.807, 2.05) is 48.5 Å². The minimum absolute atomic E-state index is 0.00496. The first kappa shape index (κ1) is 35.4. The lowest BCUT2D eigenvalue weighted by Gasteiger charge is -2.28. The molecule has 0 aliphatic carbocycles. The quantitative estimate of drug-likeness (QED) is 0.207. The molecule has 3 N–H and O–H groups in total. The van der Waals surface area contributed by atoms with Gasteiger partial charge < -0.3 is 20.1 Å². The first-order chi connectivity index (χ1) is 19.4. The lowest BCUT2D eigenvalue weighted by atomic mass is 9.78. The number of rotatable bonds is 3. The zero-order chi connectivity index (χ0) is 33.3. The van der Waals surface area contributed by atoms with Crippen LogP contribution in [0, 0.1) is 6.92 Å². The Morgan fingerprint density at radius 3 is 1.51 bits per heavy atom. The molecule has 0 aliphatic heterocycles. The van der Waals surface area contributed by atoms with Crippen LogP contribution in [-0.4, -0.2) is 27.3 Å². The van der Waals surface area contributed by atoms with Crippen LogP contribution in [0.5, 0.6) is 17.2 Å². The van der Waals surface area contributed by atoms with Crippen molar-refractivity contribution in [2.45, 2.75) is 112 Å². The first-order valence-electron chi connectivity index (χ1n) is 14.6. The van der Waals surface area contributed by atoms with E-state index in [0.717, 1.165) is 11.1 Å². The van der Waals surface area contributed by atoms with E-state index in [1.54, 1.807) is 30.3 Å². The molecule has 0 radical (unpaired) electrons. The van der Waals surface area contributed by atoms with Crippen molar-refractivity contribution in [3.8, 4) is 17.2 Å². The number of phenolic OH excluding ortho intramolecular Hbond substituents is 2. The van der Waals surface area contributed by atoms with Crippen LogP contribution in [0.15, 0.2) is 48.5 Å². The van der Waals surface area contributed by atoms with E-state index in [9.17, 15) is 24.9 Å². The average Bonchev–Trinajstić information content (AvgIpc) is 2.82. The largest absolute Gasteiger partial charge is 0.507 e. The zero-order valence-corrected chi connectivity index (χ0v) is 28.2. The Balaban J connectivity index is 0.000000317. The standard InChI is InChI=1S/C22H28O3.C15H22O3/c1-14-12-15(21(2,3)4)13-17(22(5,6)7)19(14)25-20(24)16-10-8-9-11-18(16)23;1-14(2,3)10-7-9(13(17)18)8-11(12(10)16)15(4,5)6/h8-13,23H,1-7H3;7-8,16H,1-6H3,(H,17,18). The number of carbonyl (C=O) groups is 2. The van der Waals surface area contributed by atoms with E-state index in [2.05, 4.69) is 53.7 Å². The minimum atomic E-state index is -0.967. The second-order valence-electron chi connectivity index (χ2n) is 15.3. The summed E-state index contributed by atoms with van der Waals surface area (Å²) in [6.45, 7) is 26.5. The number of carboxylic acids is 1. The molecule has 0 aromatic heterocycles. The fourth-order valence-corrected chi connectivity index (χ4v) is 4.59. The van der Waals surface area contributed by atoms with Crippen molar-refractivity contribution in [3.63, 3.8) is 0 Å². The number of esters is 1. The molecule has 0 saturated heterocycles. The summed E-state index contributed by atoms with van der Waals surface area (Å²) in [6.07, 6.45) is 0. The van der Waals surface area contributed by atoms with Gasteiger partial charge in [0.05, 0.1) is 5.56 Å². The molecule has 0 atom stereocenters. The third-order valence-electron chi connectivity index (χ3n) is 7.24. The number of carboxylic acid groups (broad SMARTS) is 1. The normalized spacial score (nSPS) is 12.3. The van der Waals surface area contributed by atoms with Crippen LogP contribution >= 0.6 is 0 Å². The van der Waals surface area contributed by atoms with Crippen LogP contribution < -0.4 is 4.74 Å². The van der Waals surface area contributed by atoms with Gasteiger partial charge in [0, 0.05) is 16.7 Å². The number of phenols is 2. The summed E-state index contributed by atoms with van der Waals surface area (Å²) in [6, 6.07) is 13.7. The van der Waals surface area contributed by atoms with Gasteiger partial charge in [0.2, 0.25) is 0 Å². The summed E-state index contributed by atoms with van der Waals surface area (Å²) in [4.78, 5) is 23.8. The van der Waals surface area contributed by atoms with E-state index in [4.69, 9.17) is 4.74 Å². The van der Waals surface area contributed by atoms with E-state index >= 15 is 0 Å². The summed E-state index contributed by atoms with van der Waals surface area (Å²) in [7, 11) is 0. The Labute approximate surface area is 257 Å². The van der Waals surface area contributed by atoms with Crippen molar-refractivity contribution >= 4 is 11.9 Å². The monoisotopic (exact) mass is 590 g/mol. The predicted molar refractivity (Wildman–Crippen MR) is 174 cm³/mol. The maximum absolute atomic E-state index is 12.6. The van der Waals surface area contributed by atoms with Crippen LogP contribution in [0.25, 0.3) is 0 Å². The van der Waals surface area contributed by atoms with Crippen molar-refractivity contribution in [3.05, 3.63) is 87.5 Å². The molecule has 0 amide bonds. The summed E-state index contributed by atoms with van der Waals surface area (Å²) >= 11 is 0. The summed E-state index contributed by atoms with van der Waals surface area (Å²) in [5.74, 6) is -0.802. The molecule has 0 unspecified atom stereocenters. The number of hydrogen-bond acceptors (Lipinski definition) is 5. The minimum Gasteiger partial charge on any atom is -0.507 e. The Hall–Kier alpha value is -3.80. The third-order valence-corrected chi connectivity index (χ3v) is 7.24. The number of benzene rings is 3. The van der Waals surface area contributed by atoms with Crippen LogP contribution in [0.1, 0.15) is 132 Å². The molecule has 0 fully saturated rings. The molecule has 3 rings (SSSR count). The molecule has 234 valence electrons. The van der Waals surface area contributed by atoms with E-state index < -0.39 is 11.9 Å². The van der Waals surface area contributed by atoms with Gasteiger partial charge in [-0.15, -0.1) is 0 Å². The van der Waals surface area contributed by atoms with Crippen LogP contribution in [0.2, 0.25) is 0 Å². The second kappa shape index (κ2) is 12.4. The van der Waals surface area contributed by atoms with E-state index in [1.165, 1.54) is 11.6 Å². The molecular weight excluding hydrogens is 540 g/mol. The predicted octanol–water partition coefficient (Wildman–Crippen LogP) is 9.20. The average molecular weight is 591 g/mol. The van der Waals surface area contributed by atoms with E-state index in [-0.39, 0.29) is 44.3 Å². The maximum atomic E-state index is 12.6. The van der Waals surface area contributed by atoms with Gasteiger partial charge in [-0.05, 0) is 64.0 Å². The highest BCUT2D eigenvalue weighted by Crippen LogP contribution is 2.40. The van der Waals surface area contributed by atoms with Gasteiger partial charge in [0.1, 0.15) is 22.8 Å². The molecular formula is C37H50O6. The van der Waals surface area contributed by atoms with Crippen molar-refractivity contribution < 1.29 is 29.6 Å². The van der Waals surface area contributed by atoms with Crippen LogP contribution in [0.4, 0.5) is 0 Å². The highest BCUT2D eigenvalue weighted by Gasteiger charge is 2.28. The second-order valence-corrected chi connectivity index (χ2v) is 15.3. The maximum Gasteiger partial charge on any atom is 0.347 e. The van der Waals surface area contributed by atoms with Crippen LogP contribution in [-0.2, 0) is 21.7 Å². The molecule has 0 spiro atoms. The van der Waals surface area contributed by atoms with Crippen molar-refractivity contribution in [1.82, 2.24) is 0 Å². The van der Waals surface area contributed by atoms with Crippen molar-refractivity contribution in [2.24, 2.45) is 0 Å². The lowest BCUT2D eigenvalue weighted by molar-refractivity contribution is 0.0693. The van der Waals surface area contributed by atoms with Gasteiger partial charge in [-0.3, -0.25) is 0 Å². The Bertz CT molecular complexity index is 1450. The van der Waals surface area contributed by atoms with Gasteiger partial charge in [-0.1, -0.05) is 107 Å². The lowest BCUT2D eigenvalue weighted by Crippen LogP contribution is -2.20. The fraction of sp³-hybridized carbons (Fsp3) is 0.459. The molecule has 6 nitrogen and oxygen atoms in total. The number of para-hydroxylation sites is 1. The van der Waals surface area contributed by atoms with Crippen molar-refractivity contribution in [1.29, 1.82) is 0 Å². The number of aryl methyl sites for hydroxylation is 1. The first-order valence-corrected chi connectivity index (χ1v) is 14.6. The Morgan fingerprint density at radius 2 is 1.12 bits per heavy atom. The van der Waals surface area contributed by atoms with Gasteiger partial charge >= 0.3 is 11.9 Å². The summed E-state index contributed by atoms with van der Waals surface area (Å²) in [5, 5.41) is 29.5. The number of hydrogen-bond donors (Lipinski definition) is 3. The summed E-state index contributed by atoms with van der Waals surface area (Å²) < 4.78 is 5.74. The molecule has 0 heterocycles. The van der Waals surface area contributed by atoms with Gasteiger partial charge in [0.15, 0.2) is 0 Å². The smallest absolute Gasteiger partial charge is 0.347 e. The number of ether oxygens (including phenoxy) is 1. The molecule has 0 bridgehead atoms. The SMILES string of the molecule is CC(C)(C)c1cc(C(=O)O)cc(C(C)(C)C)c1O.Cc1cc(C(C)(C)C)cc(C(C)(C)C)c1OC(=O)c1ccccc1O. The molecule has 0 saturated carbocycles. The highest BCUT2D eigenvalue weighted by molar-refractivity contribution is 5.94. The topological polar surface area (TPSA) is 104 Å². The molecule has 3 aromatic rings. The third kappa shape index (κ3) is 8.85. The van der Waals surface area contributed by atoms with Gasteiger partial charge in [-0.25, -0.2) is 9.59 Å². The van der Waals surface area contributed by atoms with Gasteiger partial charge in [0.25, 0.3) is 0 Å². The van der Waals surface area contributed by atoms with Gasteiger partial charge in [-0.2, -0.15) is 0 Å². The number of carbonyl (C=O) groups excluding carboxylic acids is 1. The molecule has 43 heavy (non-hydrogen) atoms. The van der Waals surface area contributed by atoms with E-state index in [0.29, 0.717) is 16.9 Å². The molecule has 0 aliphatic rings. The molecule has 3 aromatic carbocycles. The Morgan fingerprint density at radius 1 is 0.651 bits per heavy atom. The zero-order valence-electron chi connectivity index (χ0n) is 28.2. The van der Waals surface area contributed by atoms with Crippen molar-refractivity contribution in [2.75, 3.05) is 0 Å². The highest BCUT2D eigenvalue weighted by atomic mass is 16.5. The molecule has 6 heteroatoms. The summed E-state index contributed by atoms with van der Waals surface area (Å²) in [5.41, 5.74) is 4.08.